The first-order chi connectivity index (χ1) is 8.72. The number of benzene rings is 2. The molecule has 0 saturated heterocycles. The Labute approximate surface area is 116 Å². The molecule has 18 heavy (non-hydrogen) atoms. The average Bonchev–Trinajstić information content (AvgIpc) is 2.34. The largest absolute Gasteiger partial charge is 0.398 e. The van der Waals surface area contributed by atoms with Crippen molar-refractivity contribution in [1.29, 1.82) is 0 Å². The lowest BCUT2D eigenvalue weighted by atomic mass is 9.96. The van der Waals surface area contributed by atoms with E-state index >= 15 is 0 Å². The Kier molecular flexibility index (Phi) is 3.13. The van der Waals surface area contributed by atoms with Crippen molar-refractivity contribution in [3.63, 3.8) is 0 Å². The fourth-order valence-corrected chi connectivity index (χ4v) is 3.16. The van der Waals surface area contributed by atoms with Gasteiger partial charge >= 0.3 is 0 Å². The Morgan fingerprint density at radius 2 is 1.39 bits per heavy atom. The lowest BCUT2D eigenvalue weighted by Gasteiger charge is -2.13. The molecule has 0 aliphatic heterocycles. The highest BCUT2D eigenvalue weighted by Gasteiger charge is 2.08. The zero-order valence-corrected chi connectivity index (χ0v) is 11.8. The summed E-state index contributed by atoms with van der Waals surface area (Å²) >= 11 is 3.68. The Hall–Kier alpha value is -1.28. The molecule has 0 saturated carbocycles. The van der Waals surface area contributed by atoms with Gasteiger partial charge in [-0.05, 0) is 60.1 Å². The molecular formula is C16H16BrN. The van der Waals surface area contributed by atoms with Gasteiger partial charge < -0.3 is 5.73 Å². The Balaban J connectivity index is 2.03. The number of nitrogen functional groups attached to an aromatic ring is 1. The molecule has 0 amide bonds. The number of halogens is 1. The Morgan fingerprint density at radius 3 is 2.06 bits per heavy atom. The fourth-order valence-electron chi connectivity index (χ4n) is 2.53. The summed E-state index contributed by atoms with van der Waals surface area (Å²) in [5.41, 5.74) is 12.4. The van der Waals surface area contributed by atoms with Gasteiger partial charge in [-0.15, -0.1) is 0 Å². The van der Waals surface area contributed by atoms with Crippen LogP contribution < -0.4 is 5.73 Å². The Bertz CT molecular complexity index is 536. The van der Waals surface area contributed by atoms with Crippen molar-refractivity contribution >= 4 is 21.6 Å². The van der Waals surface area contributed by atoms with Gasteiger partial charge in [-0.3, -0.25) is 0 Å². The van der Waals surface area contributed by atoms with Crippen molar-refractivity contribution < 1.29 is 0 Å². The van der Waals surface area contributed by atoms with E-state index in [1.54, 1.807) is 0 Å². The molecule has 0 fully saturated rings. The Morgan fingerprint density at radius 1 is 0.778 bits per heavy atom. The summed E-state index contributed by atoms with van der Waals surface area (Å²) in [6, 6.07) is 13.3. The number of rotatable bonds is 0. The predicted molar refractivity (Wildman–Crippen MR) is 79.8 cm³/mol. The van der Waals surface area contributed by atoms with Crippen LogP contribution >= 0.6 is 15.9 Å². The van der Waals surface area contributed by atoms with Crippen LogP contribution in [-0.2, 0) is 25.7 Å². The summed E-state index contributed by atoms with van der Waals surface area (Å²) < 4.78 is 1.24. The highest BCUT2D eigenvalue weighted by molar-refractivity contribution is 9.10. The molecule has 0 heterocycles. The molecule has 0 unspecified atom stereocenters. The van der Waals surface area contributed by atoms with Crippen molar-refractivity contribution in [3.8, 4) is 0 Å². The van der Waals surface area contributed by atoms with E-state index in [1.807, 2.05) is 0 Å². The van der Waals surface area contributed by atoms with E-state index in [4.69, 9.17) is 5.73 Å². The van der Waals surface area contributed by atoms with E-state index in [0.717, 1.165) is 31.4 Å². The van der Waals surface area contributed by atoms with Crippen LogP contribution in [0.25, 0.3) is 0 Å². The summed E-state index contributed by atoms with van der Waals surface area (Å²) in [6.07, 6.45) is 4.16. The second-order valence-electron chi connectivity index (χ2n) is 4.96. The van der Waals surface area contributed by atoms with Gasteiger partial charge in [0, 0.05) is 10.2 Å². The molecule has 4 bridgehead atoms. The SMILES string of the molecule is Nc1cc2ccc1CCc1ccc(c(Br)c1)CC2. The second-order valence-corrected chi connectivity index (χ2v) is 5.81. The smallest absolute Gasteiger partial charge is 0.0349 e. The lowest BCUT2D eigenvalue weighted by molar-refractivity contribution is 0.919. The second kappa shape index (κ2) is 4.77. The maximum absolute atomic E-state index is 6.12. The van der Waals surface area contributed by atoms with Gasteiger partial charge in [-0.1, -0.05) is 40.2 Å². The summed E-state index contributed by atoms with van der Waals surface area (Å²) in [6.45, 7) is 0. The molecule has 0 spiro atoms. The molecule has 0 atom stereocenters. The quantitative estimate of drug-likeness (QED) is 0.734. The standard InChI is InChI=1S/C16H16BrN/c17-15-9-11-1-5-13(15)6-2-12-4-8-14(7-3-11)16(18)10-12/h1,4-5,8-10H,2-3,6-7,18H2. The maximum atomic E-state index is 6.12. The van der Waals surface area contributed by atoms with E-state index in [9.17, 15) is 0 Å². The summed E-state index contributed by atoms with van der Waals surface area (Å²) in [7, 11) is 0. The minimum absolute atomic E-state index is 0.946. The van der Waals surface area contributed by atoms with Gasteiger partial charge in [0.25, 0.3) is 0 Å². The number of nitrogens with two attached hydrogens (primary N) is 1. The molecule has 2 aromatic carbocycles. The number of anilines is 1. The predicted octanol–water partition coefficient (Wildman–Crippen LogP) is 3.92. The van der Waals surface area contributed by atoms with Crippen molar-refractivity contribution in [3.05, 3.63) is 63.1 Å². The van der Waals surface area contributed by atoms with Crippen LogP contribution in [0.2, 0.25) is 0 Å². The summed E-state index contributed by atoms with van der Waals surface area (Å²) in [5.74, 6) is 0. The van der Waals surface area contributed by atoms with E-state index < -0.39 is 0 Å². The third-order valence-corrected chi connectivity index (χ3v) is 4.43. The number of hydrogen-bond acceptors (Lipinski definition) is 1. The van der Waals surface area contributed by atoms with Gasteiger partial charge in [-0.2, -0.15) is 0 Å². The molecular weight excluding hydrogens is 286 g/mol. The zero-order valence-electron chi connectivity index (χ0n) is 10.2. The van der Waals surface area contributed by atoms with Gasteiger partial charge in [0.05, 0.1) is 0 Å². The molecule has 92 valence electrons. The van der Waals surface area contributed by atoms with Gasteiger partial charge in [0.2, 0.25) is 0 Å². The molecule has 6 rings (SSSR count). The van der Waals surface area contributed by atoms with Crippen LogP contribution in [0.4, 0.5) is 5.69 Å². The molecule has 2 aromatic rings. The first-order valence-corrected chi connectivity index (χ1v) is 7.16. The topological polar surface area (TPSA) is 26.0 Å². The number of hydrogen-bond donors (Lipinski definition) is 1. The minimum atomic E-state index is 0.946. The third-order valence-electron chi connectivity index (χ3n) is 3.69. The first kappa shape index (κ1) is 11.8. The molecule has 2 heteroatoms. The lowest BCUT2D eigenvalue weighted by Crippen LogP contribution is -2.02. The van der Waals surface area contributed by atoms with Crippen LogP contribution in [0.3, 0.4) is 0 Å². The number of aryl methyl sites for hydroxylation is 4. The van der Waals surface area contributed by atoms with Crippen molar-refractivity contribution in [2.75, 3.05) is 5.73 Å². The monoisotopic (exact) mass is 301 g/mol. The highest BCUT2D eigenvalue weighted by atomic mass is 79.9. The van der Waals surface area contributed by atoms with E-state index in [0.29, 0.717) is 0 Å². The van der Waals surface area contributed by atoms with Gasteiger partial charge in [-0.25, -0.2) is 0 Å². The minimum Gasteiger partial charge on any atom is -0.398 e. The van der Waals surface area contributed by atoms with E-state index in [1.165, 1.54) is 26.7 Å². The fraction of sp³-hybridized carbons (Fsp3) is 0.250. The summed E-state index contributed by atoms with van der Waals surface area (Å²) in [5, 5.41) is 0. The van der Waals surface area contributed by atoms with Crippen LogP contribution in [0, 0.1) is 0 Å². The first-order valence-electron chi connectivity index (χ1n) is 6.37. The third kappa shape index (κ3) is 2.30. The maximum Gasteiger partial charge on any atom is 0.0349 e. The van der Waals surface area contributed by atoms with Crippen LogP contribution in [0.5, 0.6) is 0 Å². The van der Waals surface area contributed by atoms with Crippen LogP contribution in [0.1, 0.15) is 22.3 Å². The molecule has 1 nitrogen and oxygen atoms in total. The van der Waals surface area contributed by atoms with E-state index in [-0.39, 0.29) is 0 Å². The van der Waals surface area contributed by atoms with Crippen LogP contribution in [-0.4, -0.2) is 0 Å². The summed E-state index contributed by atoms with van der Waals surface area (Å²) in [4.78, 5) is 0. The van der Waals surface area contributed by atoms with Crippen molar-refractivity contribution in [1.82, 2.24) is 0 Å². The van der Waals surface area contributed by atoms with Crippen molar-refractivity contribution in [2.24, 2.45) is 0 Å². The normalized spacial score (nSPS) is 14.3. The zero-order chi connectivity index (χ0) is 12.5. The molecule has 2 N–H and O–H groups in total. The van der Waals surface area contributed by atoms with Gasteiger partial charge in [0.15, 0.2) is 0 Å². The molecule has 4 aliphatic carbocycles. The van der Waals surface area contributed by atoms with E-state index in [2.05, 4.69) is 52.3 Å². The highest BCUT2D eigenvalue weighted by Crippen LogP contribution is 2.24. The molecule has 0 radical (unpaired) electrons. The average molecular weight is 302 g/mol. The van der Waals surface area contributed by atoms with Gasteiger partial charge in [0.1, 0.15) is 0 Å². The molecule has 0 aromatic heterocycles. The van der Waals surface area contributed by atoms with Crippen LogP contribution in [0.15, 0.2) is 40.9 Å². The molecule has 4 aliphatic rings. The van der Waals surface area contributed by atoms with Crippen molar-refractivity contribution in [2.45, 2.75) is 25.7 Å².